The molecular formula is C20H19N3O2S. The van der Waals surface area contributed by atoms with Crippen LogP contribution in [0.3, 0.4) is 0 Å². The smallest absolute Gasteiger partial charge is 0.236 e. The molecule has 1 aromatic carbocycles. The van der Waals surface area contributed by atoms with Crippen molar-refractivity contribution in [2.24, 2.45) is 0 Å². The van der Waals surface area contributed by atoms with E-state index in [4.69, 9.17) is 4.74 Å². The summed E-state index contributed by atoms with van der Waals surface area (Å²) in [5.41, 5.74) is 2.22. The van der Waals surface area contributed by atoms with Crippen LogP contribution < -0.4 is 5.32 Å². The van der Waals surface area contributed by atoms with Crippen molar-refractivity contribution in [2.45, 2.75) is 18.3 Å². The fourth-order valence-electron chi connectivity index (χ4n) is 3.32. The average molecular weight is 365 g/mol. The molecule has 0 unspecified atom stereocenters. The van der Waals surface area contributed by atoms with Gasteiger partial charge in [0.15, 0.2) is 5.13 Å². The Morgan fingerprint density at radius 2 is 1.92 bits per heavy atom. The molecule has 5 nitrogen and oxygen atoms in total. The van der Waals surface area contributed by atoms with Crippen LogP contribution in [0.15, 0.2) is 60.2 Å². The summed E-state index contributed by atoms with van der Waals surface area (Å²) in [5.74, 6) is -0.0147. The standard InChI is InChI=1S/C20H19N3O2S/c24-18(20(8-11-25-12-9-20)16-6-2-1-3-7-16)23-19-22-17(14-26-19)15-5-4-10-21-13-15/h1-7,10,13-14H,8-9,11-12H2,(H,22,23,24). The summed E-state index contributed by atoms with van der Waals surface area (Å²) in [5, 5.41) is 5.58. The number of aromatic nitrogens is 2. The van der Waals surface area contributed by atoms with Crippen LogP contribution >= 0.6 is 11.3 Å². The maximum atomic E-state index is 13.2. The third kappa shape index (κ3) is 3.25. The lowest BCUT2D eigenvalue weighted by atomic mass is 9.73. The number of carbonyl (C=O) groups excluding carboxylic acids is 1. The number of pyridine rings is 1. The number of carbonyl (C=O) groups is 1. The first kappa shape index (κ1) is 16.9. The summed E-state index contributed by atoms with van der Waals surface area (Å²) in [4.78, 5) is 21.9. The minimum Gasteiger partial charge on any atom is -0.381 e. The van der Waals surface area contributed by atoms with E-state index in [1.165, 1.54) is 11.3 Å². The van der Waals surface area contributed by atoms with Crippen molar-refractivity contribution in [2.75, 3.05) is 18.5 Å². The first-order valence-electron chi connectivity index (χ1n) is 8.59. The number of amides is 1. The van der Waals surface area contributed by atoms with Gasteiger partial charge in [0.1, 0.15) is 0 Å². The Bertz CT molecular complexity index is 874. The molecule has 26 heavy (non-hydrogen) atoms. The van der Waals surface area contributed by atoms with Crippen LogP contribution in [0.2, 0.25) is 0 Å². The Kier molecular flexibility index (Phi) is 4.77. The molecule has 0 aliphatic carbocycles. The van der Waals surface area contributed by atoms with E-state index in [0.29, 0.717) is 31.2 Å². The van der Waals surface area contributed by atoms with Gasteiger partial charge in [0.25, 0.3) is 0 Å². The molecule has 1 aliphatic rings. The van der Waals surface area contributed by atoms with Gasteiger partial charge in [-0.1, -0.05) is 30.3 Å². The minimum atomic E-state index is -0.570. The van der Waals surface area contributed by atoms with Crippen molar-refractivity contribution in [3.05, 3.63) is 65.8 Å². The summed E-state index contributed by atoms with van der Waals surface area (Å²) < 4.78 is 5.51. The Labute approximate surface area is 156 Å². The van der Waals surface area contributed by atoms with Gasteiger partial charge in [-0.05, 0) is 30.5 Å². The number of rotatable bonds is 4. The highest BCUT2D eigenvalue weighted by molar-refractivity contribution is 7.14. The van der Waals surface area contributed by atoms with Gasteiger partial charge in [-0.15, -0.1) is 11.3 Å². The van der Waals surface area contributed by atoms with Gasteiger partial charge in [0.2, 0.25) is 5.91 Å². The minimum absolute atomic E-state index is 0.0147. The van der Waals surface area contributed by atoms with E-state index in [9.17, 15) is 4.79 Å². The number of anilines is 1. The van der Waals surface area contributed by atoms with Crippen molar-refractivity contribution < 1.29 is 9.53 Å². The van der Waals surface area contributed by atoms with Gasteiger partial charge in [0.05, 0.1) is 11.1 Å². The second-order valence-corrected chi connectivity index (χ2v) is 7.15. The maximum Gasteiger partial charge on any atom is 0.236 e. The molecule has 1 amide bonds. The molecular weight excluding hydrogens is 346 g/mol. The van der Waals surface area contributed by atoms with Crippen molar-refractivity contribution in [3.63, 3.8) is 0 Å². The number of benzene rings is 1. The molecule has 0 radical (unpaired) electrons. The topological polar surface area (TPSA) is 64.1 Å². The van der Waals surface area contributed by atoms with Crippen LogP contribution in [0.4, 0.5) is 5.13 Å². The van der Waals surface area contributed by atoms with Gasteiger partial charge in [-0.25, -0.2) is 4.98 Å². The van der Waals surface area contributed by atoms with Gasteiger partial charge in [-0.3, -0.25) is 9.78 Å². The lowest BCUT2D eigenvalue weighted by Crippen LogP contribution is -2.44. The Morgan fingerprint density at radius 1 is 1.12 bits per heavy atom. The highest BCUT2D eigenvalue weighted by atomic mass is 32.1. The molecule has 0 atom stereocenters. The van der Waals surface area contributed by atoms with E-state index in [0.717, 1.165) is 16.8 Å². The number of nitrogens with zero attached hydrogens (tertiary/aromatic N) is 2. The molecule has 3 aromatic rings. The zero-order chi connectivity index (χ0) is 17.8. The van der Waals surface area contributed by atoms with Gasteiger partial charge in [-0.2, -0.15) is 0 Å². The molecule has 1 saturated heterocycles. The SMILES string of the molecule is O=C(Nc1nc(-c2cccnc2)cs1)C1(c2ccccc2)CCOCC1. The van der Waals surface area contributed by atoms with Crippen molar-refractivity contribution >= 4 is 22.4 Å². The summed E-state index contributed by atoms with van der Waals surface area (Å²) >= 11 is 1.43. The highest BCUT2D eigenvalue weighted by Crippen LogP contribution is 2.36. The average Bonchev–Trinajstić information content (AvgIpc) is 3.18. The number of hydrogen-bond acceptors (Lipinski definition) is 5. The van der Waals surface area contributed by atoms with E-state index in [-0.39, 0.29) is 5.91 Å². The number of thiazole rings is 1. The molecule has 4 rings (SSSR count). The maximum absolute atomic E-state index is 13.2. The predicted molar refractivity (Wildman–Crippen MR) is 102 cm³/mol. The molecule has 3 heterocycles. The first-order chi connectivity index (χ1) is 12.8. The third-order valence-electron chi connectivity index (χ3n) is 4.79. The fraction of sp³-hybridized carbons (Fsp3) is 0.250. The van der Waals surface area contributed by atoms with Crippen molar-refractivity contribution in [1.82, 2.24) is 9.97 Å². The van der Waals surface area contributed by atoms with Gasteiger partial charge >= 0.3 is 0 Å². The normalized spacial score (nSPS) is 16.2. The van der Waals surface area contributed by atoms with Crippen LogP contribution in [0.1, 0.15) is 18.4 Å². The quantitative estimate of drug-likeness (QED) is 0.762. The Hall–Kier alpha value is -2.57. The fourth-order valence-corrected chi connectivity index (χ4v) is 4.03. The largest absolute Gasteiger partial charge is 0.381 e. The second kappa shape index (κ2) is 7.35. The molecule has 1 fully saturated rings. The number of nitrogens with one attached hydrogen (secondary N) is 1. The van der Waals surface area contributed by atoms with Crippen LogP contribution in [0.5, 0.6) is 0 Å². The van der Waals surface area contributed by atoms with E-state index >= 15 is 0 Å². The summed E-state index contributed by atoms with van der Waals surface area (Å²) in [7, 11) is 0. The molecule has 0 bridgehead atoms. The lowest BCUT2D eigenvalue weighted by Gasteiger charge is -2.35. The molecule has 6 heteroatoms. The third-order valence-corrected chi connectivity index (χ3v) is 5.55. The molecule has 132 valence electrons. The molecule has 1 aliphatic heterocycles. The predicted octanol–water partition coefficient (Wildman–Crippen LogP) is 3.89. The van der Waals surface area contributed by atoms with Crippen molar-refractivity contribution in [3.8, 4) is 11.3 Å². The second-order valence-electron chi connectivity index (χ2n) is 6.29. The van der Waals surface area contributed by atoms with E-state index in [1.807, 2.05) is 47.8 Å². The monoisotopic (exact) mass is 365 g/mol. The Morgan fingerprint density at radius 3 is 2.65 bits per heavy atom. The lowest BCUT2D eigenvalue weighted by molar-refractivity contribution is -0.125. The van der Waals surface area contributed by atoms with Gasteiger partial charge < -0.3 is 10.1 Å². The summed E-state index contributed by atoms with van der Waals surface area (Å²) in [6.45, 7) is 1.17. The van der Waals surface area contributed by atoms with E-state index in [1.54, 1.807) is 12.4 Å². The van der Waals surface area contributed by atoms with Crippen molar-refractivity contribution in [1.29, 1.82) is 0 Å². The highest BCUT2D eigenvalue weighted by Gasteiger charge is 2.41. The molecule has 0 saturated carbocycles. The van der Waals surface area contributed by atoms with E-state index < -0.39 is 5.41 Å². The number of hydrogen-bond donors (Lipinski definition) is 1. The summed E-state index contributed by atoms with van der Waals surface area (Å²) in [6, 6.07) is 13.8. The molecule has 1 N–H and O–H groups in total. The van der Waals surface area contributed by atoms with Gasteiger partial charge in [0, 0.05) is 36.6 Å². The van der Waals surface area contributed by atoms with Crippen LogP contribution in [-0.2, 0) is 14.9 Å². The summed E-state index contributed by atoms with van der Waals surface area (Å²) in [6.07, 6.45) is 4.84. The first-order valence-corrected chi connectivity index (χ1v) is 9.47. The molecule has 2 aromatic heterocycles. The van der Waals surface area contributed by atoms with Crippen LogP contribution in [0, 0.1) is 0 Å². The zero-order valence-electron chi connectivity index (χ0n) is 14.2. The Balaban J connectivity index is 1.59. The zero-order valence-corrected chi connectivity index (χ0v) is 15.0. The number of ether oxygens (including phenoxy) is 1. The van der Waals surface area contributed by atoms with E-state index in [2.05, 4.69) is 15.3 Å². The molecule has 0 spiro atoms. The van der Waals surface area contributed by atoms with Crippen LogP contribution in [0.25, 0.3) is 11.3 Å². The van der Waals surface area contributed by atoms with Crippen LogP contribution in [-0.4, -0.2) is 29.1 Å².